The molecule has 1 N–H and O–H groups in total. The monoisotopic (exact) mass is 398 g/mol. The van der Waals surface area contributed by atoms with Gasteiger partial charge in [0.2, 0.25) is 0 Å². The maximum atomic E-state index is 12.1. The van der Waals surface area contributed by atoms with Crippen molar-refractivity contribution in [3.8, 4) is 0 Å². The van der Waals surface area contributed by atoms with Crippen LogP contribution in [0.25, 0.3) is 0 Å². The van der Waals surface area contributed by atoms with Gasteiger partial charge in [-0.25, -0.2) is 0 Å². The molecule has 4 rings (SSSR count). The molecule has 3 fully saturated rings. The van der Waals surface area contributed by atoms with E-state index in [4.69, 9.17) is 0 Å². The summed E-state index contributed by atoms with van der Waals surface area (Å²) in [6, 6.07) is 0. The van der Waals surface area contributed by atoms with Crippen LogP contribution in [-0.4, -0.2) is 17.0 Å². The maximum Gasteiger partial charge on any atom is 0.157 e. The van der Waals surface area contributed by atoms with Crippen LogP contribution in [-0.2, 0) is 4.79 Å². The number of ketones is 1. The first-order valence-electron chi connectivity index (χ1n) is 12.3. The van der Waals surface area contributed by atoms with Crippen molar-refractivity contribution in [1.29, 1.82) is 0 Å². The predicted molar refractivity (Wildman–Crippen MR) is 119 cm³/mol. The third kappa shape index (κ3) is 3.48. The quantitative estimate of drug-likeness (QED) is 0.443. The van der Waals surface area contributed by atoms with Crippen LogP contribution in [0.2, 0.25) is 0 Å². The minimum absolute atomic E-state index is 0.0961. The van der Waals surface area contributed by atoms with Crippen molar-refractivity contribution < 1.29 is 9.90 Å². The highest BCUT2D eigenvalue weighted by molar-refractivity contribution is 5.91. The average molecular weight is 399 g/mol. The minimum atomic E-state index is -0.114. The number of fused-ring (bicyclic) bond motifs is 5. The lowest BCUT2D eigenvalue weighted by Gasteiger charge is -2.58. The molecule has 2 nitrogen and oxygen atoms in total. The summed E-state index contributed by atoms with van der Waals surface area (Å²) in [5, 5.41) is 10.2. The zero-order chi connectivity index (χ0) is 21.0. The van der Waals surface area contributed by atoms with Crippen LogP contribution in [0.3, 0.4) is 0 Å². The highest BCUT2D eigenvalue weighted by Gasteiger charge is 2.58. The molecule has 0 aliphatic heterocycles. The Morgan fingerprint density at radius 1 is 1.10 bits per heavy atom. The van der Waals surface area contributed by atoms with E-state index >= 15 is 0 Å². The van der Waals surface area contributed by atoms with Gasteiger partial charge in [-0.05, 0) is 97.9 Å². The van der Waals surface area contributed by atoms with E-state index in [9.17, 15) is 9.90 Å². The van der Waals surface area contributed by atoms with E-state index in [1.807, 2.05) is 19.9 Å². The van der Waals surface area contributed by atoms with Gasteiger partial charge in [0, 0.05) is 5.92 Å². The molecule has 4 aliphatic carbocycles. The molecule has 0 radical (unpaired) electrons. The number of hydrogen-bond acceptors (Lipinski definition) is 2. The third-order valence-corrected chi connectivity index (χ3v) is 9.92. The summed E-state index contributed by atoms with van der Waals surface area (Å²) in [5.74, 6) is 3.99. The fourth-order valence-corrected chi connectivity index (χ4v) is 8.12. The summed E-state index contributed by atoms with van der Waals surface area (Å²) >= 11 is 0. The predicted octanol–water partition coefficient (Wildman–Crippen LogP) is 6.34. The fraction of sp³-hybridized carbons (Fsp3) is 0.815. The summed E-state index contributed by atoms with van der Waals surface area (Å²) in [6.07, 6.45) is 16.2. The molecule has 0 heterocycles. The van der Waals surface area contributed by atoms with Crippen LogP contribution in [0.5, 0.6) is 0 Å². The van der Waals surface area contributed by atoms with E-state index in [0.717, 1.165) is 30.6 Å². The Morgan fingerprint density at radius 3 is 2.59 bits per heavy atom. The normalized spacial score (nSPS) is 45.5. The Kier molecular flexibility index (Phi) is 5.64. The van der Waals surface area contributed by atoms with Crippen molar-refractivity contribution in [2.75, 3.05) is 0 Å². The van der Waals surface area contributed by atoms with Gasteiger partial charge in [-0.1, -0.05) is 52.3 Å². The summed E-state index contributed by atoms with van der Waals surface area (Å²) in [5.41, 5.74) is 2.32. The Hall–Kier alpha value is -0.890. The van der Waals surface area contributed by atoms with Crippen molar-refractivity contribution in [2.45, 2.75) is 92.1 Å². The van der Waals surface area contributed by atoms with E-state index in [2.05, 4.69) is 32.9 Å². The summed E-state index contributed by atoms with van der Waals surface area (Å²) in [6.45, 7) is 11.4. The molecule has 0 aromatic heterocycles. The molecule has 0 amide bonds. The number of allylic oxidation sites excluding steroid dienone is 3. The first kappa shape index (κ1) is 21.3. The maximum absolute atomic E-state index is 12.1. The molecular formula is C27H42O2. The molecule has 0 saturated heterocycles. The summed E-state index contributed by atoms with van der Waals surface area (Å²) in [4.78, 5) is 12.1. The highest BCUT2D eigenvalue weighted by atomic mass is 16.3. The van der Waals surface area contributed by atoms with Crippen LogP contribution in [0.4, 0.5) is 0 Å². The lowest BCUT2D eigenvalue weighted by molar-refractivity contribution is -0.117. The molecule has 4 aliphatic rings. The Labute approximate surface area is 178 Å². The van der Waals surface area contributed by atoms with Gasteiger partial charge in [0.25, 0.3) is 0 Å². The summed E-state index contributed by atoms with van der Waals surface area (Å²) in [7, 11) is 0. The van der Waals surface area contributed by atoms with Gasteiger partial charge in [0.15, 0.2) is 5.78 Å². The number of aliphatic hydroxyl groups excluding tert-OH is 1. The molecule has 2 heteroatoms. The lowest BCUT2D eigenvalue weighted by atomic mass is 9.47. The molecule has 0 aromatic carbocycles. The van der Waals surface area contributed by atoms with Crippen molar-refractivity contribution in [3.05, 3.63) is 23.8 Å². The first-order valence-corrected chi connectivity index (χ1v) is 12.3. The van der Waals surface area contributed by atoms with Crippen LogP contribution < -0.4 is 0 Å². The molecule has 0 bridgehead atoms. The zero-order valence-corrected chi connectivity index (χ0v) is 19.3. The van der Waals surface area contributed by atoms with E-state index in [1.165, 1.54) is 38.5 Å². The molecule has 0 spiro atoms. The smallest absolute Gasteiger partial charge is 0.157 e. The number of hydrogen-bond donors (Lipinski definition) is 1. The molecule has 8 atom stereocenters. The SMILES string of the molecule is CC(C)C(=O)/C=C/[C@@H](C)[C@H]1CC[C@H]2[C@@H]3CC=C4C[C@@H](O)CC[C@]4(C)[C@@H]3CC[C@]12C. The first-order chi connectivity index (χ1) is 13.7. The van der Waals surface area contributed by atoms with Crippen molar-refractivity contribution in [2.24, 2.45) is 46.3 Å². The molecule has 29 heavy (non-hydrogen) atoms. The van der Waals surface area contributed by atoms with Gasteiger partial charge < -0.3 is 5.11 Å². The molecular weight excluding hydrogens is 356 g/mol. The zero-order valence-electron chi connectivity index (χ0n) is 19.3. The Balaban J connectivity index is 1.54. The van der Waals surface area contributed by atoms with Gasteiger partial charge in [-0.3, -0.25) is 4.79 Å². The molecule has 3 saturated carbocycles. The van der Waals surface area contributed by atoms with Crippen molar-refractivity contribution in [3.63, 3.8) is 0 Å². The Morgan fingerprint density at radius 2 is 1.86 bits per heavy atom. The topological polar surface area (TPSA) is 37.3 Å². The van der Waals surface area contributed by atoms with Gasteiger partial charge in [0.1, 0.15) is 0 Å². The average Bonchev–Trinajstić information content (AvgIpc) is 3.03. The van der Waals surface area contributed by atoms with Crippen molar-refractivity contribution >= 4 is 5.78 Å². The number of carbonyl (C=O) groups is 1. The second-order valence-corrected chi connectivity index (χ2v) is 11.7. The summed E-state index contributed by atoms with van der Waals surface area (Å²) < 4.78 is 0. The minimum Gasteiger partial charge on any atom is -0.393 e. The molecule has 0 aromatic rings. The number of carbonyl (C=O) groups excluding carboxylic acids is 1. The van der Waals surface area contributed by atoms with Crippen LogP contribution >= 0.6 is 0 Å². The number of aliphatic hydroxyl groups is 1. The van der Waals surface area contributed by atoms with E-state index in [-0.39, 0.29) is 17.8 Å². The second-order valence-electron chi connectivity index (χ2n) is 11.7. The fourth-order valence-electron chi connectivity index (χ4n) is 8.12. The lowest BCUT2D eigenvalue weighted by Crippen LogP contribution is -2.50. The van der Waals surface area contributed by atoms with Gasteiger partial charge in [-0.2, -0.15) is 0 Å². The van der Waals surface area contributed by atoms with Crippen molar-refractivity contribution in [1.82, 2.24) is 0 Å². The van der Waals surface area contributed by atoms with Gasteiger partial charge in [0.05, 0.1) is 6.10 Å². The van der Waals surface area contributed by atoms with E-state index in [1.54, 1.807) is 5.57 Å². The standard InChI is InChI=1S/C27H42O2/c1-17(2)25(29)11-6-18(3)22-9-10-23-21-8-7-19-16-20(28)12-14-26(19,4)24(21)13-15-27(22,23)5/h6-7,11,17-18,20-24,28H,8-10,12-16H2,1-5H3/b11-6+/t18-,20+,21+,22-,23+,24-,26+,27-/m1/s1. The molecule has 0 unspecified atom stereocenters. The van der Waals surface area contributed by atoms with Crippen LogP contribution in [0.15, 0.2) is 23.8 Å². The largest absolute Gasteiger partial charge is 0.393 e. The van der Waals surface area contributed by atoms with Crippen LogP contribution in [0.1, 0.15) is 86.0 Å². The van der Waals surface area contributed by atoms with Gasteiger partial charge >= 0.3 is 0 Å². The second kappa shape index (κ2) is 7.66. The Bertz CT molecular complexity index is 703. The molecule has 162 valence electrons. The van der Waals surface area contributed by atoms with E-state index < -0.39 is 0 Å². The van der Waals surface area contributed by atoms with Crippen LogP contribution in [0, 0.1) is 46.3 Å². The van der Waals surface area contributed by atoms with Gasteiger partial charge in [-0.15, -0.1) is 0 Å². The van der Waals surface area contributed by atoms with E-state index in [0.29, 0.717) is 22.7 Å². The highest BCUT2D eigenvalue weighted by Crippen LogP contribution is 2.67. The number of rotatable bonds is 4. The third-order valence-electron chi connectivity index (χ3n) is 9.92.